The number of likely N-dealkylation sites (tertiary alicyclic amines) is 2. The first kappa shape index (κ1) is 13.6. The van der Waals surface area contributed by atoms with E-state index in [9.17, 15) is 14.4 Å². The van der Waals surface area contributed by atoms with Crippen molar-refractivity contribution in [1.29, 1.82) is 0 Å². The van der Waals surface area contributed by atoms with Crippen LogP contribution in [-0.2, 0) is 9.59 Å². The second-order valence-corrected chi connectivity index (χ2v) is 5.45. The molecule has 3 rings (SSSR count). The zero-order chi connectivity index (χ0) is 15.0. The Labute approximate surface area is 122 Å². The second-order valence-electron chi connectivity index (χ2n) is 5.45. The Hall–Kier alpha value is -2.37. The van der Waals surface area contributed by atoms with E-state index in [4.69, 9.17) is 5.11 Å². The van der Waals surface area contributed by atoms with Crippen LogP contribution in [0.1, 0.15) is 24.3 Å². The Morgan fingerprint density at radius 1 is 1.19 bits per heavy atom. The molecule has 0 spiro atoms. The predicted molar refractivity (Wildman–Crippen MR) is 73.7 cm³/mol. The molecule has 110 valence electrons. The summed E-state index contributed by atoms with van der Waals surface area (Å²) in [6.45, 7) is 1.08. The van der Waals surface area contributed by atoms with E-state index >= 15 is 0 Å². The predicted octanol–water partition coefficient (Wildman–Crippen LogP) is 1.28. The van der Waals surface area contributed by atoms with Gasteiger partial charge in [0.2, 0.25) is 5.91 Å². The number of rotatable bonds is 2. The molecule has 2 heterocycles. The van der Waals surface area contributed by atoms with Crippen molar-refractivity contribution >= 4 is 17.9 Å². The molecular formula is C15H16N2O4. The van der Waals surface area contributed by atoms with Gasteiger partial charge in [-0.3, -0.25) is 4.79 Å². The maximum atomic E-state index is 12.3. The van der Waals surface area contributed by atoms with Gasteiger partial charge < -0.3 is 10.0 Å². The SMILES string of the molecule is O=C(O)C1CC(=O)N1C(=O)N1CCC(c2ccccc2)C1. The number of imide groups is 1. The molecule has 0 aliphatic carbocycles. The van der Waals surface area contributed by atoms with E-state index in [1.165, 1.54) is 0 Å². The summed E-state index contributed by atoms with van der Waals surface area (Å²) in [5.74, 6) is -1.29. The van der Waals surface area contributed by atoms with E-state index in [2.05, 4.69) is 0 Å². The van der Waals surface area contributed by atoms with Crippen LogP contribution in [0, 0.1) is 0 Å². The van der Waals surface area contributed by atoms with Gasteiger partial charge in [0.15, 0.2) is 0 Å². The van der Waals surface area contributed by atoms with Gasteiger partial charge in [-0.1, -0.05) is 30.3 Å². The molecule has 1 aromatic carbocycles. The van der Waals surface area contributed by atoms with Crippen LogP contribution in [0.3, 0.4) is 0 Å². The molecule has 0 aromatic heterocycles. The van der Waals surface area contributed by atoms with E-state index in [1.54, 1.807) is 4.90 Å². The Kier molecular flexibility index (Phi) is 3.37. The molecular weight excluding hydrogens is 272 g/mol. The summed E-state index contributed by atoms with van der Waals surface area (Å²) < 4.78 is 0. The summed E-state index contributed by atoms with van der Waals surface area (Å²) in [6.07, 6.45) is 0.743. The number of carbonyl (C=O) groups excluding carboxylic acids is 2. The highest BCUT2D eigenvalue weighted by Gasteiger charge is 2.47. The summed E-state index contributed by atoms with van der Waals surface area (Å²) in [6, 6.07) is 8.43. The van der Waals surface area contributed by atoms with Gasteiger partial charge in [0.05, 0.1) is 6.42 Å². The number of nitrogens with zero attached hydrogens (tertiary/aromatic N) is 2. The lowest BCUT2D eigenvalue weighted by Crippen LogP contribution is -2.62. The van der Waals surface area contributed by atoms with E-state index in [1.807, 2.05) is 30.3 Å². The molecule has 2 fully saturated rings. The number of benzene rings is 1. The summed E-state index contributed by atoms with van der Waals surface area (Å²) in [5.41, 5.74) is 1.16. The standard InChI is InChI=1S/C15H16N2O4/c18-13-8-12(14(19)20)17(13)15(21)16-7-6-11(9-16)10-4-2-1-3-5-10/h1-5,11-12H,6-9H2,(H,19,20). The lowest BCUT2D eigenvalue weighted by atomic mass is 9.99. The maximum absolute atomic E-state index is 12.3. The van der Waals surface area contributed by atoms with E-state index < -0.39 is 23.9 Å². The molecule has 1 aromatic rings. The lowest BCUT2D eigenvalue weighted by Gasteiger charge is -2.37. The van der Waals surface area contributed by atoms with Crippen molar-refractivity contribution < 1.29 is 19.5 Å². The third-order valence-corrected chi connectivity index (χ3v) is 4.17. The minimum absolute atomic E-state index is 0.0863. The molecule has 2 aliphatic heterocycles. The normalized spacial score (nSPS) is 24.9. The Morgan fingerprint density at radius 3 is 2.52 bits per heavy atom. The number of β-lactam (4-membered cyclic amide) rings is 1. The molecule has 21 heavy (non-hydrogen) atoms. The number of carboxylic acid groups (broad SMARTS) is 1. The van der Waals surface area contributed by atoms with Crippen LogP contribution in [0.25, 0.3) is 0 Å². The van der Waals surface area contributed by atoms with Crippen molar-refractivity contribution in [3.63, 3.8) is 0 Å². The smallest absolute Gasteiger partial charge is 0.327 e. The quantitative estimate of drug-likeness (QED) is 0.832. The number of aliphatic carboxylic acids is 1. The third-order valence-electron chi connectivity index (χ3n) is 4.17. The van der Waals surface area contributed by atoms with Crippen molar-refractivity contribution in [3.05, 3.63) is 35.9 Å². The fourth-order valence-corrected chi connectivity index (χ4v) is 2.94. The second kappa shape index (κ2) is 5.20. The number of urea groups is 1. The van der Waals surface area contributed by atoms with Gasteiger partial charge in [-0.2, -0.15) is 0 Å². The van der Waals surface area contributed by atoms with Crippen molar-refractivity contribution in [2.24, 2.45) is 0 Å². The summed E-state index contributed by atoms with van der Waals surface area (Å²) in [5, 5.41) is 8.98. The first-order valence-corrected chi connectivity index (χ1v) is 6.96. The molecule has 0 radical (unpaired) electrons. The minimum atomic E-state index is -1.12. The molecule has 1 N–H and O–H groups in total. The van der Waals surface area contributed by atoms with Gasteiger partial charge in [0.1, 0.15) is 6.04 Å². The van der Waals surface area contributed by atoms with Crippen molar-refractivity contribution in [2.75, 3.05) is 13.1 Å². The van der Waals surface area contributed by atoms with Gasteiger partial charge in [-0.05, 0) is 12.0 Å². The highest BCUT2D eigenvalue weighted by Crippen LogP contribution is 2.30. The zero-order valence-corrected chi connectivity index (χ0v) is 11.4. The van der Waals surface area contributed by atoms with Gasteiger partial charge in [-0.25, -0.2) is 14.5 Å². The van der Waals surface area contributed by atoms with Crippen LogP contribution in [0.5, 0.6) is 0 Å². The van der Waals surface area contributed by atoms with E-state index in [-0.39, 0.29) is 12.3 Å². The fourth-order valence-electron chi connectivity index (χ4n) is 2.94. The van der Waals surface area contributed by atoms with Crippen LogP contribution < -0.4 is 0 Å². The van der Waals surface area contributed by atoms with Gasteiger partial charge in [-0.15, -0.1) is 0 Å². The molecule has 2 atom stereocenters. The van der Waals surface area contributed by atoms with Crippen molar-refractivity contribution in [2.45, 2.75) is 24.8 Å². The molecule has 6 heteroatoms. The van der Waals surface area contributed by atoms with Crippen LogP contribution in [0.15, 0.2) is 30.3 Å². The average molecular weight is 288 g/mol. The first-order chi connectivity index (χ1) is 10.1. The highest BCUT2D eigenvalue weighted by molar-refractivity contribution is 6.05. The fraction of sp³-hybridized carbons (Fsp3) is 0.400. The van der Waals surface area contributed by atoms with Crippen LogP contribution in [-0.4, -0.2) is 51.9 Å². The number of carbonyl (C=O) groups is 3. The molecule has 6 nitrogen and oxygen atoms in total. The minimum Gasteiger partial charge on any atom is -0.480 e. The Balaban J connectivity index is 1.67. The topological polar surface area (TPSA) is 77.9 Å². The van der Waals surface area contributed by atoms with Gasteiger partial charge >= 0.3 is 12.0 Å². The average Bonchev–Trinajstić information content (AvgIpc) is 2.95. The summed E-state index contributed by atoms with van der Waals surface area (Å²) >= 11 is 0. The van der Waals surface area contributed by atoms with Crippen LogP contribution in [0.4, 0.5) is 4.79 Å². The number of hydrogen-bond donors (Lipinski definition) is 1. The largest absolute Gasteiger partial charge is 0.480 e. The van der Waals surface area contributed by atoms with Crippen molar-refractivity contribution in [1.82, 2.24) is 9.80 Å². The number of amides is 3. The molecule has 2 aliphatic rings. The molecule has 0 bridgehead atoms. The molecule has 3 amide bonds. The zero-order valence-electron chi connectivity index (χ0n) is 11.4. The number of carboxylic acids is 1. The Bertz CT molecular complexity index is 587. The van der Waals surface area contributed by atoms with E-state index in [0.29, 0.717) is 13.1 Å². The highest BCUT2D eigenvalue weighted by atomic mass is 16.4. The van der Waals surface area contributed by atoms with Gasteiger partial charge in [0, 0.05) is 19.0 Å². The summed E-state index contributed by atoms with van der Waals surface area (Å²) in [4.78, 5) is 37.2. The molecule has 2 unspecified atom stereocenters. The monoisotopic (exact) mass is 288 g/mol. The summed E-state index contributed by atoms with van der Waals surface area (Å²) in [7, 11) is 0. The van der Waals surface area contributed by atoms with Crippen LogP contribution in [0.2, 0.25) is 0 Å². The maximum Gasteiger partial charge on any atom is 0.327 e. The van der Waals surface area contributed by atoms with Crippen molar-refractivity contribution in [3.8, 4) is 0 Å². The van der Waals surface area contributed by atoms with E-state index in [0.717, 1.165) is 16.9 Å². The lowest BCUT2D eigenvalue weighted by molar-refractivity contribution is -0.158. The molecule has 2 saturated heterocycles. The first-order valence-electron chi connectivity index (χ1n) is 6.96. The molecule has 0 saturated carbocycles. The van der Waals surface area contributed by atoms with Gasteiger partial charge in [0.25, 0.3) is 0 Å². The van der Waals surface area contributed by atoms with Crippen LogP contribution >= 0.6 is 0 Å². The number of hydrogen-bond acceptors (Lipinski definition) is 3. The third kappa shape index (κ3) is 2.37. The Morgan fingerprint density at radius 2 is 1.90 bits per heavy atom.